The van der Waals surface area contributed by atoms with Gasteiger partial charge in [-0.05, 0) is 0 Å². The highest BCUT2D eigenvalue weighted by atomic mass is 19.4. The second-order valence-electron chi connectivity index (χ2n) is 5.47. The molecule has 0 bridgehead atoms. The summed E-state index contributed by atoms with van der Waals surface area (Å²) in [5.74, 6) is 0.524. The van der Waals surface area contributed by atoms with E-state index in [1.54, 1.807) is 14.2 Å². The molecule has 1 unspecified atom stereocenters. The Kier molecular flexibility index (Phi) is 6.05. The van der Waals surface area contributed by atoms with Crippen molar-refractivity contribution in [2.45, 2.75) is 18.8 Å². The van der Waals surface area contributed by atoms with E-state index in [1.807, 2.05) is 4.90 Å². The molecule has 0 saturated carbocycles. The number of morpholine rings is 1. The minimum Gasteiger partial charge on any atom is -0.382 e. The molecule has 24 heavy (non-hydrogen) atoms. The number of methoxy groups -OCH3 is 1. The van der Waals surface area contributed by atoms with Crippen molar-refractivity contribution in [2.24, 2.45) is 12.0 Å². The van der Waals surface area contributed by atoms with Crippen LogP contribution in [0, 0.1) is 0 Å². The Morgan fingerprint density at radius 2 is 2.29 bits per heavy atom. The molecule has 1 atom stereocenters. The van der Waals surface area contributed by atoms with Gasteiger partial charge in [0.25, 0.3) is 0 Å². The summed E-state index contributed by atoms with van der Waals surface area (Å²) in [6.07, 6.45) is -3.22. The van der Waals surface area contributed by atoms with Crippen LogP contribution in [0.15, 0.2) is 11.2 Å². The maximum absolute atomic E-state index is 13.0. The van der Waals surface area contributed by atoms with Crippen LogP contribution in [0.1, 0.15) is 11.3 Å². The average molecular weight is 349 g/mol. The van der Waals surface area contributed by atoms with E-state index < -0.39 is 11.9 Å². The summed E-state index contributed by atoms with van der Waals surface area (Å²) in [5.41, 5.74) is -0.806. The first-order valence-corrected chi connectivity index (χ1v) is 7.51. The van der Waals surface area contributed by atoms with Gasteiger partial charge in [-0.15, -0.1) is 0 Å². The molecular formula is C14H22F3N5O2. The molecule has 1 aliphatic heterocycles. The quantitative estimate of drug-likeness (QED) is 0.645. The molecule has 2 rings (SSSR count). The smallest absolute Gasteiger partial charge is 0.382 e. The number of alkyl halides is 3. The van der Waals surface area contributed by atoms with Gasteiger partial charge in [-0.25, -0.2) is 0 Å². The van der Waals surface area contributed by atoms with E-state index in [2.05, 4.69) is 15.4 Å². The molecule has 1 N–H and O–H groups in total. The van der Waals surface area contributed by atoms with E-state index >= 15 is 0 Å². The number of ether oxygens (including phenoxy) is 2. The molecular weight excluding hydrogens is 327 g/mol. The number of aromatic nitrogens is 2. The van der Waals surface area contributed by atoms with E-state index in [-0.39, 0.29) is 18.2 Å². The number of rotatable bonds is 4. The van der Waals surface area contributed by atoms with Crippen molar-refractivity contribution in [1.29, 1.82) is 0 Å². The molecule has 1 aliphatic rings. The maximum Gasteiger partial charge on any atom is 0.435 e. The maximum atomic E-state index is 13.0. The van der Waals surface area contributed by atoms with Crippen molar-refractivity contribution in [3.63, 3.8) is 0 Å². The molecule has 7 nitrogen and oxygen atoms in total. The Labute approximate surface area is 138 Å². The van der Waals surface area contributed by atoms with Crippen LogP contribution in [-0.4, -0.2) is 67.2 Å². The number of hydrogen-bond donors (Lipinski definition) is 1. The lowest BCUT2D eigenvalue weighted by atomic mass is 10.2. The van der Waals surface area contributed by atoms with Crippen molar-refractivity contribution in [1.82, 2.24) is 20.0 Å². The first kappa shape index (κ1) is 18.5. The summed E-state index contributed by atoms with van der Waals surface area (Å²) >= 11 is 0. The van der Waals surface area contributed by atoms with Crippen molar-refractivity contribution in [2.75, 3.05) is 40.5 Å². The van der Waals surface area contributed by atoms with E-state index in [4.69, 9.17) is 9.47 Å². The van der Waals surface area contributed by atoms with Gasteiger partial charge < -0.3 is 19.7 Å². The molecule has 1 aromatic heterocycles. The van der Waals surface area contributed by atoms with Gasteiger partial charge >= 0.3 is 6.18 Å². The lowest BCUT2D eigenvalue weighted by Gasteiger charge is -2.34. The summed E-state index contributed by atoms with van der Waals surface area (Å²) in [4.78, 5) is 6.09. The molecule has 0 aliphatic carbocycles. The number of aliphatic imine (C=N–C) groups is 1. The normalized spacial score (nSPS) is 19.7. The fourth-order valence-corrected chi connectivity index (χ4v) is 2.61. The fourth-order valence-electron chi connectivity index (χ4n) is 2.61. The molecule has 2 heterocycles. The molecule has 1 saturated heterocycles. The Balaban J connectivity index is 2.02. The summed E-state index contributed by atoms with van der Waals surface area (Å²) in [6.45, 7) is 2.12. The lowest BCUT2D eigenvalue weighted by molar-refractivity contribution is -0.142. The van der Waals surface area contributed by atoms with Gasteiger partial charge in [-0.2, -0.15) is 18.3 Å². The predicted molar refractivity (Wildman–Crippen MR) is 81.6 cm³/mol. The Morgan fingerprint density at radius 1 is 1.54 bits per heavy atom. The Bertz CT molecular complexity index is 571. The minimum atomic E-state index is -4.48. The van der Waals surface area contributed by atoms with Crippen LogP contribution < -0.4 is 5.32 Å². The SMILES string of the molecule is CN=C(NCc1cn(C)nc1C(F)(F)F)N1CCOC(COC)C1. The van der Waals surface area contributed by atoms with E-state index in [0.29, 0.717) is 32.3 Å². The second-order valence-corrected chi connectivity index (χ2v) is 5.47. The van der Waals surface area contributed by atoms with E-state index in [1.165, 1.54) is 13.2 Å². The highest BCUT2D eigenvalue weighted by Crippen LogP contribution is 2.30. The van der Waals surface area contributed by atoms with Crippen LogP contribution >= 0.6 is 0 Å². The highest BCUT2D eigenvalue weighted by molar-refractivity contribution is 5.80. The van der Waals surface area contributed by atoms with Crippen LogP contribution in [-0.2, 0) is 29.2 Å². The molecule has 0 radical (unpaired) electrons. The predicted octanol–water partition coefficient (Wildman–Crippen LogP) is 0.861. The van der Waals surface area contributed by atoms with Crippen molar-refractivity contribution in [3.05, 3.63) is 17.5 Å². The lowest BCUT2D eigenvalue weighted by Crippen LogP contribution is -2.51. The third kappa shape index (κ3) is 4.60. The van der Waals surface area contributed by atoms with Crippen LogP contribution in [0.3, 0.4) is 0 Å². The van der Waals surface area contributed by atoms with Gasteiger partial charge in [0.15, 0.2) is 11.7 Å². The summed E-state index contributed by atoms with van der Waals surface area (Å²) in [7, 11) is 4.65. The minimum absolute atomic E-state index is 0.0122. The summed E-state index contributed by atoms with van der Waals surface area (Å²) in [6, 6.07) is 0. The number of hydrogen-bond acceptors (Lipinski definition) is 4. The molecule has 0 amide bonds. The number of guanidine groups is 1. The van der Waals surface area contributed by atoms with Gasteiger partial charge in [0.05, 0.1) is 19.3 Å². The number of nitrogens with zero attached hydrogens (tertiary/aromatic N) is 4. The zero-order chi connectivity index (χ0) is 17.7. The topological polar surface area (TPSA) is 63.9 Å². The Morgan fingerprint density at radius 3 is 2.92 bits per heavy atom. The van der Waals surface area contributed by atoms with Crippen LogP contribution in [0.25, 0.3) is 0 Å². The first-order valence-electron chi connectivity index (χ1n) is 7.51. The summed E-state index contributed by atoms with van der Waals surface area (Å²) in [5, 5.41) is 6.47. The number of aryl methyl sites for hydroxylation is 1. The monoisotopic (exact) mass is 349 g/mol. The first-order chi connectivity index (χ1) is 11.3. The fraction of sp³-hybridized carbons (Fsp3) is 0.714. The zero-order valence-electron chi connectivity index (χ0n) is 13.9. The van der Waals surface area contributed by atoms with Gasteiger partial charge in [0.1, 0.15) is 0 Å². The van der Waals surface area contributed by atoms with Crippen molar-refractivity contribution in [3.8, 4) is 0 Å². The molecule has 0 aromatic carbocycles. The van der Waals surface area contributed by atoms with E-state index in [9.17, 15) is 13.2 Å². The molecule has 0 spiro atoms. The van der Waals surface area contributed by atoms with Gasteiger partial charge in [-0.1, -0.05) is 0 Å². The number of halogens is 3. The standard InChI is InChI=1S/C14H22F3N5O2/c1-18-13(22-4-5-24-11(8-22)9-23-3)19-6-10-7-21(2)20-12(10)14(15,16)17/h7,11H,4-6,8-9H2,1-3H3,(H,18,19). The molecule has 1 aromatic rings. The van der Waals surface area contributed by atoms with Crippen LogP contribution in [0.2, 0.25) is 0 Å². The largest absolute Gasteiger partial charge is 0.435 e. The summed E-state index contributed by atoms with van der Waals surface area (Å²) < 4.78 is 50.8. The highest BCUT2D eigenvalue weighted by Gasteiger charge is 2.37. The van der Waals surface area contributed by atoms with Gasteiger partial charge in [-0.3, -0.25) is 9.67 Å². The number of nitrogens with one attached hydrogen (secondary N) is 1. The molecule has 10 heteroatoms. The second kappa shape index (κ2) is 7.84. The van der Waals surface area contributed by atoms with Gasteiger partial charge in [0.2, 0.25) is 0 Å². The third-order valence-electron chi connectivity index (χ3n) is 3.61. The third-order valence-corrected chi connectivity index (χ3v) is 3.61. The molecule has 1 fully saturated rings. The van der Waals surface area contributed by atoms with E-state index in [0.717, 1.165) is 4.68 Å². The zero-order valence-corrected chi connectivity index (χ0v) is 13.9. The van der Waals surface area contributed by atoms with Crippen LogP contribution in [0.5, 0.6) is 0 Å². The van der Waals surface area contributed by atoms with Crippen molar-refractivity contribution >= 4 is 5.96 Å². The van der Waals surface area contributed by atoms with Gasteiger partial charge in [0, 0.05) is 52.6 Å². The Hall–Kier alpha value is -1.81. The van der Waals surface area contributed by atoms with Crippen molar-refractivity contribution < 1.29 is 22.6 Å². The average Bonchev–Trinajstić information content (AvgIpc) is 2.90. The molecule has 136 valence electrons. The van der Waals surface area contributed by atoms with Crippen LogP contribution in [0.4, 0.5) is 13.2 Å².